The molecule has 3 aromatic rings. The van der Waals surface area contributed by atoms with E-state index in [1.165, 1.54) is 7.05 Å². The number of carbonyl (C=O) groups is 1. The van der Waals surface area contributed by atoms with Crippen LogP contribution in [-0.2, 0) is 0 Å². The fraction of sp³-hybridized carbons (Fsp3) is 0.176. The summed E-state index contributed by atoms with van der Waals surface area (Å²) in [5, 5.41) is 1.97. The molecule has 27 heavy (non-hydrogen) atoms. The third-order valence-corrected chi connectivity index (χ3v) is 4.15. The van der Waals surface area contributed by atoms with Gasteiger partial charge in [-0.1, -0.05) is 11.6 Å². The minimum atomic E-state index is -1.25. The highest BCUT2D eigenvalue weighted by Gasteiger charge is 2.32. The number of benzene rings is 1. The molecule has 0 saturated heterocycles. The lowest BCUT2D eigenvalue weighted by atomic mass is 10.0. The molecule has 10 heteroatoms. The van der Waals surface area contributed by atoms with Gasteiger partial charge in [-0.25, -0.2) is 18.2 Å². The number of carbonyl (C=O) groups excluding carboxylic acids is 1. The Kier molecular flexibility index (Phi) is 4.88. The Labute approximate surface area is 155 Å². The molecule has 3 rings (SSSR count). The minimum Gasteiger partial charge on any atom is -0.494 e. The number of anilines is 1. The maximum atomic E-state index is 14.6. The lowest BCUT2D eigenvalue weighted by Crippen LogP contribution is -2.11. The Morgan fingerprint density at radius 3 is 2.26 bits per heavy atom. The molecule has 0 radical (unpaired) electrons. The number of hydrogen-bond donors (Lipinski definition) is 1. The highest BCUT2D eigenvalue weighted by Crippen LogP contribution is 2.38. The highest BCUT2D eigenvalue weighted by molar-refractivity contribution is 6.30. The van der Waals surface area contributed by atoms with Crippen LogP contribution in [0.15, 0.2) is 16.7 Å². The van der Waals surface area contributed by atoms with Gasteiger partial charge in [-0.15, -0.1) is 0 Å². The molecule has 0 unspecified atom stereocenters. The van der Waals surface area contributed by atoms with Crippen molar-refractivity contribution in [3.63, 3.8) is 0 Å². The van der Waals surface area contributed by atoms with E-state index in [9.17, 15) is 18.0 Å². The molecule has 1 aromatic carbocycles. The molecule has 0 aliphatic rings. The molecule has 0 aliphatic carbocycles. The summed E-state index contributed by atoms with van der Waals surface area (Å²) in [5.41, 5.74) is -1.22. The van der Waals surface area contributed by atoms with Crippen LogP contribution in [0.5, 0.6) is 11.5 Å². The van der Waals surface area contributed by atoms with Crippen LogP contribution in [0.2, 0.25) is 5.15 Å². The van der Waals surface area contributed by atoms with Gasteiger partial charge in [0.15, 0.2) is 45.4 Å². The van der Waals surface area contributed by atoms with E-state index in [0.29, 0.717) is 0 Å². The number of ether oxygens (including phenoxy) is 2. The number of furan rings is 1. The van der Waals surface area contributed by atoms with Crippen LogP contribution < -0.4 is 14.8 Å². The summed E-state index contributed by atoms with van der Waals surface area (Å²) in [6, 6.07) is 0.961. The van der Waals surface area contributed by atoms with Gasteiger partial charge in [-0.05, 0) is 0 Å². The first-order valence-electron chi connectivity index (χ1n) is 7.44. The van der Waals surface area contributed by atoms with Crippen molar-refractivity contribution < 1.29 is 31.9 Å². The second kappa shape index (κ2) is 6.99. The zero-order valence-corrected chi connectivity index (χ0v) is 15.0. The van der Waals surface area contributed by atoms with Gasteiger partial charge in [0.25, 0.3) is 0 Å². The molecule has 0 saturated carbocycles. The molecule has 0 amide bonds. The monoisotopic (exact) mass is 400 g/mol. The van der Waals surface area contributed by atoms with E-state index in [1.54, 1.807) is 0 Å². The van der Waals surface area contributed by atoms with E-state index in [4.69, 9.17) is 25.5 Å². The number of nitrogens with zero attached hydrogens (tertiary/aromatic N) is 1. The number of halogens is 4. The predicted octanol–water partition coefficient (Wildman–Crippen LogP) is 4.19. The van der Waals surface area contributed by atoms with Crippen molar-refractivity contribution in [1.29, 1.82) is 0 Å². The third kappa shape index (κ3) is 2.84. The van der Waals surface area contributed by atoms with Gasteiger partial charge in [-0.2, -0.15) is 0 Å². The predicted molar refractivity (Wildman–Crippen MR) is 91.4 cm³/mol. The second-order valence-corrected chi connectivity index (χ2v) is 5.63. The first-order chi connectivity index (χ1) is 12.8. The van der Waals surface area contributed by atoms with Gasteiger partial charge >= 0.3 is 0 Å². The van der Waals surface area contributed by atoms with E-state index in [-0.39, 0.29) is 16.7 Å². The van der Waals surface area contributed by atoms with Crippen molar-refractivity contribution in [3.05, 3.63) is 46.2 Å². The highest BCUT2D eigenvalue weighted by atomic mass is 35.5. The third-order valence-electron chi connectivity index (χ3n) is 3.89. The quantitative estimate of drug-likeness (QED) is 0.511. The Hall–Kier alpha value is -2.94. The summed E-state index contributed by atoms with van der Waals surface area (Å²) >= 11 is 5.66. The molecule has 0 fully saturated rings. The molecule has 0 aliphatic heterocycles. The lowest BCUT2D eigenvalue weighted by molar-refractivity contribution is 0.100. The summed E-state index contributed by atoms with van der Waals surface area (Å²) < 4.78 is 58.5. The number of ketones is 1. The van der Waals surface area contributed by atoms with Crippen molar-refractivity contribution in [2.45, 2.75) is 0 Å². The van der Waals surface area contributed by atoms with Crippen LogP contribution in [0, 0.1) is 17.5 Å². The fourth-order valence-electron chi connectivity index (χ4n) is 2.63. The van der Waals surface area contributed by atoms with Crippen LogP contribution in [0.25, 0.3) is 11.0 Å². The van der Waals surface area contributed by atoms with E-state index in [1.807, 2.05) is 0 Å². The van der Waals surface area contributed by atoms with Crippen LogP contribution in [0.4, 0.5) is 18.9 Å². The smallest absolute Gasteiger partial charge is 0.236 e. The van der Waals surface area contributed by atoms with Gasteiger partial charge in [0.05, 0.1) is 31.5 Å². The SMILES string of the molecule is CNc1c(C(=O)c2c(F)c(OC)cc(OC)c2F)oc2cnc(Cl)c(F)c12. The zero-order valence-electron chi connectivity index (χ0n) is 14.2. The molecule has 2 heterocycles. The Morgan fingerprint density at radius 1 is 1.15 bits per heavy atom. The number of pyridine rings is 1. The van der Waals surface area contributed by atoms with Crippen molar-refractivity contribution in [1.82, 2.24) is 4.98 Å². The van der Waals surface area contributed by atoms with Crippen molar-refractivity contribution >= 4 is 34.0 Å². The molecule has 2 aromatic heterocycles. The largest absolute Gasteiger partial charge is 0.494 e. The molecule has 1 N–H and O–H groups in total. The summed E-state index contributed by atoms with van der Waals surface area (Å²) in [6.07, 6.45) is 1.09. The lowest BCUT2D eigenvalue weighted by Gasteiger charge is -2.11. The first kappa shape index (κ1) is 18.8. The van der Waals surface area contributed by atoms with Gasteiger partial charge in [-0.3, -0.25) is 4.79 Å². The molecular formula is C17H12ClF3N2O4. The Balaban J connectivity index is 2.31. The first-order valence-corrected chi connectivity index (χ1v) is 7.82. The van der Waals surface area contributed by atoms with E-state index in [0.717, 1.165) is 26.5 Å². The summed E-state index contributed by atoms with van der Waals surface area (Å²) in [6.45, 7) is 0. The molecule has 6 nitrogen and oxygen atoms in total. The maximum absolute atomic E-state index is 14.6. The van der Waals surface area contributed by atoms with E-state index < -0.39 is 51.2 Å². The van der Waals surface area contributed by atoms with E-state index >= 15 is 0 Å². The zero-order chi connectivity index (χ0) is 19.9. The number of fused-ring (bicyclic) bond motifs is 1. The molecule has 142 valence electrons. The van der Waals surface area contributed by atoms with Crippen LogP contribution in [-0.4, -0.2) is 32.0 Å². The van der Waals surface area contributed by atoms with Gasteiger partial charge in [0.2, 0.25) is 5.78 Å². The van der Waals surface area contributed by atoms with Gasteiger partial charge in [0, 0.05) is 13.1 Å². The number of rotatable bonds is 5. The van der Waals surface area contributed by atoms with Crippen LogP contribution >= 0.6 is 11.6 Å². The summed E-state index contributed by atoms with van der Waals surface area (Å²) in [7, 11) is 3.67. The fourth-order valence-corrected chi connectivity index (χ4v) is 2.77. The Bertz CT molecular complexity index is 1040. The number of aromatic nitrogens is 1. The summed E-state index contributed by atoms with van der Waals surface area (Å²) in [4.78, 5) is 16.5. The number of methoxy groups -OCH3 is 2. The van der Waals surface area contributed by atoms with Crippen LogP contribution in [0.3, 0.4) is 0 Å². The van der Waals surface area contributed by atoms with Crippen LogP contribution in [0.1, 0.15) is 16.1 Å². The molecule has 0 spiro atoms. The normalized spacial score (nSPS) is 10.9. The molecular weight excluding hydrogens is 389 g/mol. The van der Waals surface area contributed by atoms with Gasteiger partial charge < -0.3 is 19.2 Å². The minimum absolute atomic E-state index is 0.125. The molecule has 0 bridgehead atoms. The average molecular weight is 401 g/mol. The number of nitrogens with one attached hydrogen (secondary N) is 1. The van der Waals surface area contributed by atoms with Crippen molar-refractivity contribution in [3.8, 4) is 11.5 Å². The van der Waals surface area contributed by atoms with Crippen molar-refractivity contribution in [2.24, 2.45) is 0 Å². The molecule has 0 atom stereocenters. The topological polar surface area (TPSA) is 73.6 Å². The summed E-state index contributed by atoms with van der Waals surface area (Å²) in [5.74, 6) is -5.96. The second-order valence-electron chi connectivity index (χ2n) is 5.27. The Morgan fingerprint density at radius 2 is 1.74 bits per heavy atom. The van der Waals surface area contributed by atoms with Gasteiger partial charge in [0.1, 0.15) is 5.56 Å². The number of hydrogen-bond acceptors (Lipinski definition) is 6. The van der Waals surface area contributed by atoms with E-state index in [2.05, 4.69) is 10.3 Å². The maximum Gasteiger partial charge on any atom is 0.236 e. The standard InChI is InChI=1S/C17H12ClF3N2O4/c1-22-14-9-8(5-23-17(18)13(9)21)27-16(14)15(24)10-11(19)6(25-2)4-7(26-3)12(10)20/h4-5,22H,1-3H3. The van der Waals surface area contributed by atoms with Crippen molar-refractivity contribution in [2.75, 3.05) is 26.6 Å². The average Bonchev–Trinajstić information content (AvgIpc) is 3.04.